The molecular formula is C19H27N5O2. The lowest BCUT2D eigenvalue weighted by molar-refractivity contribution is 0.0887. The van der Waals surface area contributed by atoms with Crippen LogP contribution in [0.2, 0.25) is 0 Å². The minimum Gasteiger partial charge on any atom is -0.345 e. The zero-order chi connectivity index (χ0) is 18.0. The number of amides is 1. The van der Waals surface area contributed by atoms with Gasteiger partial charge in [-0.3, -0.25) is 9.78 Å². The molecule has 2 heterocycles. The van der Waals surface area contributed by atoms with Crippen molar-refractivity contribution in [2.24, 2.45) is 0 Å². The van der Waals surface area contributed by atoms with Crippen molar-refractivity contribution in [3.63, 3.8) is 0 Å². The first kappa shape index (κ1) is 18.5. The molecule has 0 aromatic carbocycles. The summed E-state index contributed by atoms with van der Waals surface area (Å²) < 4.78 is 5.12. The molecule has 0 spiro atoms. The van der Waals surface area contributed by atoms with Crippen LogP contribution >= 0.6 is 0 Å². The number of hydrogen-bond acceptors (Lipinski definition) is 6. The van der Waals surface area contributed by atoms with Crippen LogP contribution in [0.1, 0.15) is 81.3 Å². The molecule has 1 fully saturated rings. The molecular weight excluding hydrogens is 330 g/mol. The maximum Gasteiger partial charge on any atom is 0.316 e. The summed E-state index contributed by atoms with van der Waals surface area (Å²) in [6.45, 7) is 0. The molecule has 7 heteroatoms. The average molecular weight is 357 g/mol. The van der Waals surface area contributed by atoms with Crippen LogP contribution in [-0.4, -0.2) is 32.1 Å². The summed E-state index contributed by atoms with van der Waals surface area (Å²) in [5, 5.41) is 6.92. The van der Waals surface area contributed by atoms with Crippen molar-refractivity contribution in [1.82, 2.24) is 25.4 Å². The summed E-state index contributed by atoms with van der Waals surface area (Å²) in [5.41, 5.74) is 0.487. The van der Waals surface area contributed by atoms with Crippen LogP contribution in [0.4, 0.5) is 0 Å². The minimum absolute atomic E-state index is 0.0169. The molecule has 0 atom stereocenters. The van der Waals surface area contributed by atoms with Crippen LogP contribution in [-0.2, 0) is 0 Å². The fourth-order valence-corrected chi connectivity index (χ4v) is 3.39. The predicted molar refractivity (Wildman–Crippen MR) is 97.4 cm³/mol. The molecule has 0 saturated heterocycles. The lowest BCUT2D eigenvalue weighted by Gasteiger charge is -2.18. The Bertz CT molecular complexity index is 662. The molecule has 7 nitrogen and oxygen atoms in total. The second-order valence-corrected chi connectivity index (χ2v) is 6.94. The van der Waals surface area contributed by atoms with Crippen molar-refractivity contribution in [1.29, 1.82) is 0 Å². The lowest BCUT2D eigenvalue weighted by atomic mass is 9.98. The molecule has 1 saturated carbocycles. The maximum absolute atomic E-state index is 12.5. The quantitative estimate of drug-likeness (QED) is 0.894. The van der Waals surface area contributed by atoms with Gasteiger partial charge >= 0.3 is 11.8 Å². The van der Waals surface area contributed by atoms with E-state index in [2.05, 4.69) is 25.4 Å². The monoisotopic (exact) mass is 357 g/mol. The number of carbonyl (C=O) groups is 1. The third kappa shape index (κ3) is 5.61. The van der Waals surface area contributed by atoms with Crippen molar-refractivity contribution >= 4 is 5.91 Å². The standard InChI is InChI=1S/C19H27N5O2/c25-18(19-23-17(24-26-19)16-14-20-12-13-21-16)22-15-10-8-6-4-2-1-3-5-7-9-11-15/h12-15H,1-11H2,(H,22,25). The van der Waals surface area contributed by atoms with E-state index in [0.29, 0.717) is 5.69 Å². The SMILES string of the molecule is O=C(NC1CCCCCCCCCCC1)c1nc(-c2cnccn2)no1. The topological polar surface area (TPSA) is 93.8 Å². The Morgan fingerprint density at radius 2 is 1.62 bits per heavy atom. The molecule has 140 valence electrons. The largest absolute Gasteiger partial charge is 0.345 e. The lowest BCUT2D eigenvalue weighted by Crippen LogP contribution is -2.35. The van der Waals surface area contributed by atoms with Crippen LogP contribution in [0.25, 0.3) is 11.5 Å². The molecule has 0 radical (unpaired) electrons. The van der Waals surface area contributed by atoms with Gasteiger partial charge < -0.3 is 9.84 Å². The molecule has 2 aromatic heterocycles. The van der Waals surface area contributed by atoms with Gasteiger partial charge in [-0.15, -0.1) is 0 Å². The molecule has 3 rings (SSSR count). The van der Waals surface area contributed by atoms with Crippen LogP contribution in [0, 0.1) is 0 Å². The highest BCUT2D eigenvalue weighted by atomic mass is 16.5. The Labute approximate surface area is 154 Å². The van der Waals surface area contributed by atoms with E-state index in [4.69, 9.17) is 4.52 Å². The van der Waals surface area contributed by atoms with Crippen molar-refractivity contribution in [3.8, 4) is 11.5 Å². The summed E-state index contributed by atoms with van der Waals surface area (Å²) in [6.07, 6.45) is 18.1. The number of nitrogens with one attached hydrogen (secondary N) is 1. The van der Waals surface area contributed by atoms with Crippen LogP contribution < -0.4 is 5.32 Å². The Morgan fingerprint density at radius 1 is 0.962 bits per heavy atom. The summed E-state index contributed by atoms with van der Waals surface area (Å²) in [6, 6.07) is 0.175. The second kappa shape index (κ2) is 9.99. The Morgan fingerprint density at radius 3 is 2.23 bits per heavy atom. The van der Waals surface area contributed by atoms with E-state index in [0.717, 1.165) is 25.7 Å². The number of aromatic nitrogens is 4. The summed E-state index contributed by atoms with van der Waals surface area (Å²) in [7, 11) is 0. The molecule has 1 aliphatic rings. The summed E-state index contributed by atoms with van der Waals surface area (Å²) >= 11 is 0. The highest BCUT2D eigenvalue weighted by molar-refractivity contribution is 5.90. The van der Waals surface area contributed by atoms with Crippen molar-refractivity contribution in [2.45, 2.75) is 76.7 Å². The summed E-state index contributed by atoms with van der Waals surface area (Å²) in [4.78, 5) is 24.7. The van der Waals surface area contributed by atoms with Gasteiger partial charge in [-0.05, 0) is 12.8 Å². The maximum atomic E-state index is 12.5. The fraction of sp³-hybridized carbons (Fsp3) is 0.632. The normalized spacial score (nSPS) is 17.8. The van der Waals surface area contributed by atoms with Gasteiger partial charge in [0.1, 0.15) is 5.69 Å². The van der Waals surface area contributed by atoms with E-state index in [1.807, 2.05) is 0 Å². The zero-order valence-corrected chi connectivity index (χ0v) is 15.2. The van der Waals surface area contributed by atoms with Crippen LogP contribution in [0.15, 0.2) is 23.1 Å². The molecule has 0 bridgehead atoms. The average Bonchev–Trinajstić information content (AvgIpc) is 3.15. The van der Waals surface area contributed by atoms with Crippen LogP contribution in [0.3, 0.4) is 0 Å². The van der Waals surface area contributed by atoms with E-state index in [1.54, 1.807) is 18.6 Å². The smallest absolute Gasteiger partial charge is 0.316 e. The first-order valence-electron chi connectivity index (χ1n) is 9.74. The summed E-state index contributed by atoms with van der Waals surface area (Å²) in [5.74, 6) is -0.0385. The Balaban J connectivity index is 1.57. The Hall–Kier alpha value is -2.31. The predicted octanol–water partition coefficient (Wildman–Crippen LogP) is 3.93. The van der Waals surface area contributed by atoms with Gasteiger partial charge in [0.05, 0.1) is 6.20 Å². The van der Waals surface area contributed by atoms with E-state index in [1.165, 1.54) is 44.9 Å². The van der Waals surface area contributed by atoms with E-state index >= 15 is 0 Å². The van der Waals surface area contributed by atoms with E-state index in [9.17, 15) is 4.79 Å². The van der Waals surface area contributed by atoms with E-state index in [-0.39, 0.29) is 23.7 Å². The fourth-order valence-electron chi connectivity index (χ4n) is 3.39. The second-order valence-electron chi connectivity index (χ2n) is 6.94. The van der Waals surface area contributed by atoms with Crippen molar-refractivity contribution < 1.29 is 9.32 Å². The molecule has 1 amide bonds. The molecule has 0 unspecified atom stereocenters. The van der Waals surface area contributed by atoms with Gasteiger partial charge in [-0.1, -0.05) is 62.9 Å². The van der Waals surface area contributed by atoms with Gasteiger partial charge in [-0.25, -0.2) is 4.98 Å². The molecule has 0 aliphatic heterocycles. The zero-order valence-electron chi connectivity index (χ0n) is 15.2. The van der Waals surface area contributed by atoms with E-state index < -0.39 is 0 Å². The van der Waals surface area contributed by atoms with Crippen molar-refractivity contribution in [3.05, 3.63) is 24.5 Å². The van der Waals surface area contributed by atoms with Gasteiger partial charge in [-0.2, -0.15) is 4.98 Å². The minimum atomic E-state index is -0.301. The first-order chi connectivity index (χ1) is 12.8. The highest BCUT2D eigenvalue weighted by Gasteiger charge is 2.20. The van der Waals surface area contributed by atoms with Gasteiger partial charge in [0.2, 0.25) is 5.82 Å². The number of rotatable bonds is 3. The van der Waals surface area contributed by atoms with Gasteiger partial charge in [0.25, 0.3) is 0 Å². The molecule has 1 N–H and O–H groups in total. The molecule has 26 heavy (non-hydrogen) atoms. The molecule has 2 aromatic rings. The number of hydrogen-bond donors (Lipinski definition) is 1. The van der Waals surface area contributed by atoms with Crippen LogP contribution in [0.5, 0.6) is 0 Å². The third-order valence-electron chi connectivity index (χ3n) is 4.85. The number of carbonyl (C=O) groups excluding carboxylic acids is 1. The van der Waals surface area contributed by atoms with Gasteiger partial charge in [0, 0.05) is 18.4 Å². The number of nitrogens with zero attached hydrogens (tertiary/aromatic N) is 4. The highest BCUT2D eigenvalue weighted by Crippen LogP contribution is 2.17. The van der Waals surface area contributed by atoms with Crippen molar-refractivity contribution in [2.75, 3.05) is 0 Å². The first-order valence-corrected chi connectivity index (χ1v) is 9.74. The Kier molecular flexibility index (Phi) is 7.10. The molecule has 1 aliphatic carbocycles. The van der Waals surface area contributed by atoms with Gasteiger partial charge in [0.15, 0.2) is 0 Å². The third-order valence-corrected chi connectivity index (χ3v) is 4.85.